The molecule has 2 nitrogen and oxygen atoms in total. The van der Waals surface area contributed by atoms with E-state index in [2.05, 4.69) is 27.6 Å². The summed E-state index contributed by atoms with van der Waals surface area (Å²) in [7, 11) is 0. The number of hydrogen-bond donors (Lipinski definition) is 1. The Labute approximate surface area is 73.4 Å². The van der Waals surface area contributed by atoms with Gasteiger partial charge in [0.25, 0.3) is 0 Å². The monoisotopic (exact) mass is 249 g/mol. The average molecular weight is 249 g/mol. The third-order valence-corrected chi connectivity index (χ3v) is 1.92. The van der Waals surface area contributed by atoms with E-state index >= 15 is 0 Å². The molecule has 1 heterocycles. The molecule has 1 aromatic rings. The largest absolute Gasteiger partial charge is 0.392 e. The maximum absolute atomic E-state index is 8.80. The first-order valence-electron chi connectivity index (χ1n) is 2.96. The van der Waals surface area contributed by atoms with Gasteiger partial charge in [-0.2, -0.15) is 0 Å². The number of aryl methyl sites for hydroxylation is 1. The number of nitrogens with zero attached hydrogens (tertiary/aromatic N) is 1. The highest BCUT2D eigenvalue weighted by Crippen LogP contribution is 2.09. The van der Waals surface area contributed by atoms with Crippen molar-refractivity contribution in [3.8, 4) is 0 Å². The highest BCUT2D eigenvalue weighted by Gasteiger charge is 1.96. The van der Waals surface area contributed by atoms with Crippen molar-refractivity contribution in [2.75, 3.05) is 0 Å². The SMILES string of the molecule is Cc1ncc(I)cc1CO. The molecule has 0 aromatic carbocycles. The van der Waals surface area contributed by atoms with Gasteiger partial charge < -0.3 is 5.11 Å². The Morgan fingerprint density at radius 1 is 1.70 bits per heavy atom. The maximum Gasteiger partial charge on any atom is 0.0699 e. The smallest absolute Gasteiger partial charge is 0.0699 e. The van der Waals surface area contributed by atoms with Crippen molar-refractivity contribution in [1.82, 2.24) is 4.98 Å². The van der Waals surface area contributed by atoms with Crippen LogP contribution in [-0.2, 0) is 6.61 Å². The Kier molecular flexibility index (Phi) is 2.62. The Bertz CT molecular complexity index is 237. The first-order valence-corrected chi connectivity index (χ1v) is 4.04. The van der Waals surface area contributed by atoms with Crippen LogP contribution in [0.4, 0.5) is 0 Å². The highest BCUT2D eigenvalue weighted by molar-refractivity contribution is 14.1. The summed E-state index contributed by atoms with van der Waals surface area (Å²) in [5, 5.41) is 8.80. The second kappa shape index (κ2) is 3.30. The van der Waals surface area contributed by atoms with Gasteiger partial charge in [-0.1, -0.05) is 0 Å². The van der Waals surface area contributed by atoms with E-state index in [1.54, 1.807) is 6.20 Å². The Balaban J connectivity index is 3.09. The van der Waals surface area contributed by atoms with Crippen molar-refractivity contribution in [1.29, 1.82) is 0 Å². The third kappa shape index (κ3) is 1.67. The molecular formula is C7H8INO. The molecule has 3 heteroatoms. The topological polar surface area (TPSA) is 33.1 Å². The number of aliphatic hydroxyl groups excluding tert-OH is 1. The van der Waals surface area contributed by atoms with Gasteiger partial charge in [0.2, 0.25) is 0 Å². The van der Waals surface area contributed by atoms with Gasteiger partial charge >= 0.3 is 0 Å². The van der Waals surface area contributed by atoms with Crippen LogP contribution in [0.25, 0.3) is 0 Å². The molecule has 0 aliphatic heterocycles. The van der Waals surface area contributed by atoms with Crippen LogP contribution < -0.4 is 0 Å². The fraction of sp³-hybridized carbons (Fsp3) is 0.286. The molecule has 0 unspecified atom stereocenters. The second-order valence-electron chi connectivity index (χ2n) is 2.06. The maximum atomic E-state index is 8.80. The van der Waals surface area contributed by atoms with Gasteiger partial charge in [0, 0.05) is 15.5 Å². The quantitative estimate of drug-likeness (QED) is 0.765. The van der Waals surface area contributed by atoms with Gasteiger partial charge in [-0.05, 0) is 41.1 Å². The summed E-state index contributed by atoms with van der Waals surface area (Å²) in [6.07, 6.45) is 1.79. The molecule has 0 saturated carbocycles. The van der Waals surface area contributed by atoms with E-state index in [0.717, 1.165) is 14.8 Å². The molecule has 1 rings (SSSR count). The van der Waals surface area contributed by atoms with Gasteiger partial charge in [-0.15, -0.1) is 0 Å². The van der Waals surface area contributed by atoms with Gasteiger partial charge in [0.05, 0.1) is 6.61 Å². The van der Waals surface area contributed by atoms with E-state index in [1.165, 1.54) is 0 Å². The number of rotatable bonds is 1. The zero-order chi connectivity index (χ0) is 7.56. The van der Waals surface area contributed by atoms with E-state index in [0.29, 0.717) is 0 Å². The predicted octanol–water partition coefficient (Wildman–Crippen LogP) is 1.49. The Hall–Kier alpha value is -0.160. The van der Waals surface area contributed by atoms with Crippen molar-refractivity contribution >= 4 is 22.6 Å². The lowest BCUT2D eigenvalue weighted by atomic mass is 10.2. The number of aliphatic hydroxyl groups is 1. The average Bonchev–Trinajstić information content (AvgIpc) is 1.94. The van der Waals surface area contributed by atoms with Gasteiger partial charge in [-0.3, -0.25) is 4.98 Å². The summed E-state index contributed by atoms with van der Waals surface area (Å²) >= 11 is 2.17. The third-order valence-electron chi connectivity index (χ3n) is 1.33. The minimum absolute atomic E-state index is 0.0790. The predicted molar refractivity (Wildman–Crippen MR) is 47.6 cm³/mol. The van der Waals surface area contributed by atoms with Crippen LogP contribution in [0.2, 0.25) is 0 Å². The lowest BCUT2D eigenvalue weighted by Crippen LogP contribution is -1.92. The number of hydrogen-bond acceptors (Lipinski definition) is 2. The minimum Gasteiger partial charge on any atom is -0.392 e. The molecule has 0 aliphatic carbocycles. The molecule has 10 heavy (non-hydrogen) atoms. The van der Waals surface area contributed by atoms with Crippen molar-refractivity contribution in [3.05, 3.63) is 27.1 Å². The molecule has 0 amide bonds. The Morgan fingerprint density at radius 3 is 2.90 bits per heavy atom. The summed E-state index contributed by atoms with van der Waals surface area (Å²) in [6.45, 7) is 1.97. The lowest BCUT2D eigenvalue weighted by Gasteiger charge is -1.99. The summed E-state index contributed by atoms with van der Waals surface area (Å²) < 4.78 is 1.06. The van der Waals surface area contributed by atoms with E-state index in [-0.39, 0.29) is 6.61 Å². The van der Waals surface area contributed by atoms with Crippen LogP contribution in [0.3, 0.4) is 0 Å². The highest BCUT2D eigenvalue weighted by atomic mass is 127. The second-order valence-corrected chi connectivity index (χ2v) is 3.30. The summed E-state index contributed by atoms with van der Waals surface area (Å²) in [6, 6.07) is 1.93. The molecule has 0 bridgehead atoms. The Morgan fingerprint density at radius 2 is 2.40 bits per heavy atom. The molecule has 1 aromatic heterocycles. The molecule has 0 atom stereocenters. The zero-order valence-corrected chi connectivity index (χ0v) is 7.79. The number of halogens is 1. The van der Waals surface area contributed by atoms with Crippen LogP contribution >= 0.6 is 22.6 Å². The van der Waals surface area contributed by atoms with Gasteiger partial charge in [0.1, 0.15) is 0 Å². The standard InChI is InChI=1S/C7H8INO/c1-5-6(4-10)2-7(8)3-9-5/h2-3,10H,4H2,1H3. The van der Waals surface area contributed by atoms with Crippen molar-refractivity contribution in [2.24, 2.45) is 0 Å². The number of aromatic nitrogens is 1. The van der Waals surface area contributed by atoms with Gasteiger partial charge in [0.15, 0.2) is 0 Å². The number of pyridine rings is 1. The molecule has 1 N–H and O–H groups in total. The van der Waals surface area contributed by atoms with Crippen LogP contribution in [0.15, 0.2) is 12.3 Å². The summed E-state index contributed by atoms with van der Waals surface area (Å²) in [4.78, 5) is 4.08. The molecule has 0 saturated heterocycles. The van der Waals surface area contributed by atoms with Crippen molar-refractivity contribution in [3.63, 3.8) is 0 Å². The zero-order valence-electron chi connectivity index (χ0n) is 5.63. The van der Waals surface area contributed by atoms with Crippen LogP contribution in [-0.4, -0.2) is 10.1 Å². The molecule has 0 radical (unpaired) electrons. The molecular weight excluding hydrogens is 241 g/mol. The van der Waals surface area contributed by atoms with Crippen LogP contribution in [0.1, 0.15) is 11.3 Å². The van der Waals surface area contributed by atoms with Crippen LogP contribution in [0.5, 0.6) is 0 Å². The summed E-state index contributed by atoms with van der Waals surface area (Å²) in [5.74, 6) is 0. The van der Waals surface area contributed by atoms with E-state index in [4.69, 9.17) is 5.11 Å². The van der Waals surface area contributed by atoms with Crippen LogP contribution in [0, 0.1) is 10.5 Å². The molecule has 0 fully saturated rings. The summed E-state index contributed by atoms with van der Waals surface area (Å²) in [5.41, 5.74) is 1.81. The fourth-order valence-corrected chi connectivity index (χ4v) is 1.22. The van der Waals surface area contributed by atoms with Crippen molar-refractivity contribution < 1.29 is 5.11 Å². The molecule has 0 spiro atoms. The minimum atomic E-state index is 0.0790. The first-order chi connectivity index (χ1) is 4.74. The van der Waals surface area contributed by atoms with Gasteiger partial charge in [-0.25, -0.2) is 0 Å². The van der Waals surface area contributed by atoms with Crippen molar-refractivity contribution in [2.45, 2.75) is 13.5 Å². The molecule has 54 valence electrons. The lowest BCUT2D eigenvalue weighted by molar-refractivity contribution is 0.280. The van der Waals surface area contributed by atoms with E-state index < -0.39 is 0 Å². The normalized spacial score (nSPS) is 9.90. The van der Waals surface area contributed by atoms with E-state index in [1.807, 2.05) is 13.0 Å². The van der Waals surface area contributed by atoms with E-state index in [9.17, 15) is 0 Å². The fourth-order valence-electron chi connectivity index (χ4n) is 0.710. The first kappa shape index (κ1) is 7.94. The molecule has 0 aliphatic rings.